The predicted molar refractivity (Wildman–Crippen MR) is 130 cm³/mol. The molecule has 0 spiro atoms. The number of nitrogens with one attached hydrogen (secondary N) is 3. The Labute approximate surface area is 190 Å². The summed E-state index contributed by atoms with van der Waals surface area (Å²) in [5.74, 6) is 1.91. The normalized spacial score (nSPS) is 10.9. The number of hydrogen-bond acceptors (Lipinski definition) is 3. The first kappa shape index (κ1) is 24.7. The molecule has 0 saturated carbocycles. The molecule has 0 aromatic heterocycles. The lowest BCUT2D eigenvalue weighted by atomic mass is 10.1. The quantitative estimate of drug-likeness (QED) is 0.283. The van der Waals surface area contributed by atoms with Gasteiger partial charge < -0.3 is 20.7 Å². The fraction of sp³-hybridized carbons (Fsp3) is 0.364. The van der Waals surface area contributed by atoms with Gasteiger partial charge in [-0.3, -0.25) is 9.79 Å². The molecule has 1 amide bonds. The van der Waals surface area contributed by atoms with E-state index in [4.69, 9.17) is 4.74 Å². The van der Waals surface area contributed by atoms with Crippen molar-refractivity contribution in [3.8, 4) is 5.75 Å². The highest BCUT2D eigenvalue weighted by Crippen LogP contribution is 2.16. The average Bonchev–Trinajstić information content (AvgIpc) is 2.68. The van der Waals surface area contributed by atoms with Crippen molar-refractivity contribution in [3.05, 3.63) is 59.7 Å². The number of para-hydroxylation sites is 1. The standard InChI is InChI=1S/C22H30N4O2.HI/c1-16(2)12-21(27)26-19-10-7-8-17(13-19)14-24-22(23-3)25-15-18-9-5-6-11-20(18)28-4;/h5-11,13,16H,12,14-15H2,1-4H3,(H,26,27)(H2,23,24,25);1H. The number of aliphatic imine (C=N–C) groups is 1. The number of halogens is 1. The summed E-state index contributed by atoms with van der Waals surface area (Å²) in [6.45, 7) is 5.27. The third kappa shape index (κ3) is 8.72. The van der Waals surface area contributed by atoms with E-state index in [1.165, 1.54) is 0 Å². The van der Waals surface area contributed by atoms with E-state index in [9.17, 15) is 4.79 Å². The van der Waals surface area contributed by atoms with Gasteiger partial charge in [0, 0.05) is 37.8 Å². The number of benzene rings is 2. The molecule has 0 aliphatic heterocycles. The molecule has 0 aliphatic carbocycles. The number of hydrogen-bond donors (Lipinski definition) is 3. The Hall–Kier alpha value is -2.29. The highest BCUT2D eigenvalue weighted by Gasteiger charge is 2.07. The van der Waals surface area contributed by atoms with Crippen LogP contribution in [0.4, 0.5) is 5.69 Å². The highest BCUT2D eigenvalue weighted by atomic mass is 127. The van der Waals surface area contributed by atoms with Gasteiger partial charge in [0.1, 0.15) is 5.75 Å². The van der Waals surface area contributed by atoms with E-state index >= 15 is 0 Å². The number of rotatable bonds is 8. The van der Waals surface area contributed by atoms with Crippen molar-refractivity contribution >= 4 is 41.5 Å². The smallest absolute Gasteiger partial charge is 0.224 e. The summed E-state index contributed by atoms with van der Waals surface area (Å²) in [6.07, 6.45) is 0.516. The second-order valence-electron chi connectivity index (χ2n) is 6.94. The summed E-state index contributed by atoms with van der Waals surface area (Å²) in [4.78, 5) is 16.2. The maximum Gasteiger partial charge on any atom is 0.224 e. The second kappa shape index (κ2) is 13.0. The lowest BCUT2D eigenvalue weighted by Gasteiger charge is -2.14. The van der Waals surface area contributed by atoms with Gasteiger partial charge in [-0.1, -0.05) is 44.2 Å². The van der Waals surface area contributed by atoms with Crippen LogP contribution in [-0.4, -0.2) is 26.0 Å². The van der Waals surface area contributed by atoms with Crippen LogP contribution < -0.4 is 20.7 Å². The Bertz CT molecular complexity index is 809. The van der Waals surface area contributed by atoms with Crippen molar-refractivity contribution in [1.82, 2.24) is 10.6 Å². The van der Waals surface area contributed by atoms with E-state index in [2.05, 4.69) is 20.9 Å². The predicted octanol–water partition coefficient (Wildman–Crippen LogP) is 4.16. The molecule has 29 heavy (non-hydrogen) atoms. The van der Waals surface area contributed by atoms with Gasteiger partial charge in [0.2, 0.25) is 5.91 Å². The van der Waals surface area contributed by atoms with Crippen LogP contribution in [0.5, 0.6) is 5.75 Å². The molecule has 6 nitrogen and oxygen atoms in total. The number of carbonyl (C=O) groups excluding carboxylic acids is 1. The molecular formula is C22H31IN4O2. The van der Waals surface area contributed by atoms with E-state index < -0.39 is 0 Å². The SMILES string of the molecule is CN=C(NCc1cccc(NC(=O)CC(C)C)c1)NCc1ccccc1OC.I. The van der Waals surface area contributed by atoms with E-state index in [0.29, 0.717) is 31.4 Å². The molecule has 0 heterocycles. The summed E-state index contributed by atoms with van der Waals surface area (Å²) < 4.78 is 5.37. The largest absolute Gasteiger partial charge is 0.496 e. The first-order valence-electron chi connectivity index (χ1n) is 9.47. The zero-order valence-corrected chi connectivity index (χ0v) is 19.8. The average molecular weight is 510 g/mol. The lowest BCUT2D eigenvalue weighted by molar-refractivity contribution is -0.116. The van der Waals surface area contributed by atoms with Crippen LogP contribution in [0, 0.1) is 5.92 Å². The minimum absolute atomic E-state index is 0. The Morgan fingerprint density at radius 1 is 1.07 bits per heavy atom. The maximum atomic E-state index is 12.0. The molecule has 2 rings (SSSR count). The minimum Gasteiger partial charge on any atom is -0.496 e. The summed E-state index contributed by atoms with van der Waals surface area (Å²) in [7, 11) is 3.40. The van der Waals surface area contributed by atoms with Crippen molar-refractivity contribution in [2.75, 3.05) is 19.5 Å². The van der Waals surface area contributed by atoms with Crippen LogP contribution in [0.25, 0.3) is 0 Å². The topological polar surface area (TPSA) is 74.8 Å². The zero-order chi connectivity index (χ0) is 20.4. The molecule has 0 saturated heterocycles. The van der Waals surface area contributed by atoms with Gasteiger partial charge in [0.25, 0.3) is 0 Å². The Kier molecular flexibility index (Phi) is 11.1. The second-order valence-corrected chi connectivity index (χ2v) is 6.94. The number of nitrogens with zero attached hydrogens (tertiary/aromatic N) is 1. The molecule has 2 aromatic carbocycles. The van der Waals surface area contributed by atoms with Gasteiger partial charge in [-0.15, -0.1) is 24.0 Å². The molecule has 0 fully saturated rings. The molecule has 0 unspecified atom stereocenters. The first-order chi connectivity index (χ1) is 13.5. The molecule has 7 heteroatoms. The lowest BCUT2D eigenvalue weighted by Crippen LogP contribution is -2.36. The van der Waals surface area contributed by atoms with Gasteiger partial charge in [0.05, 0.1) is 7.11 Å². The number of methoxy groups -OCH3 is 1. The van der Waals surface area contributed by atoms with Crippen molar-refractivity contribution in [3.63, 3.8) is 0 Å². The van der Waals surface area contributed by atoms with Crippen LogP contribution in [-0.2, 0) is 17.9 Å². The molecule has 0 radical (unpaired) electrons. The number of guanidine groups is 1. The number of ether oxygens (including phenoxy) is 1. The molecule has 0 bridgehead atoms. The van der Waals surface area contributed by atoms with Gasteiger partial charge in [-0.2, -0.15) is 0 Å². The van der Waals surface area contributed by atoms with Gasteiger partial charge in [-0.25, -0.2) is 0 Å². The van der Waals surface area contributed by atoms with Gasteiger partial charge >= 0.3 is 0 Å². The fourth-order valence-corrected chi connectivity index (χ4v) is 2.78. The van der Waals surface area contributed by atoms with Crippen LogP contribution in [0.3, 0.4) is 0 Å². The first-order valence-corrected chi connectivity index (χ1v) is 9.47. The van der Waals surface area contributed by atoms with E-state index in [1.54, 1.807) is 14.2 Å². The third-order valence-corrected chi connectivity index (χ3v) is 4.13. The van der Waals surface area contributed by atoms with E-state index in [-0.39, 0.29) is 29.9 Å². The van der Waals surface area contributed by atoms with Crippen LogP contribution in [0.1, 0.15) is 31.4 Å². The molecular weight excluding hydrogens is 479 g/mol. The van der Waals surface area contributed by atoms with Crippen molar-refractivity contribution in [2.24, 2.45) is 10.9 Å². The Morgan fingerprint density at radius 3 is 2.48 bits per heavy atom. The Morgan fingerprint density at radius 2 is 1.79 bits per heavy atom. The van der Waals surface area contributed by atoms with E-state index in [1.807, 2.05) is 62.4 Å². The molecule has 3 N–H and O–H groups in total. The molecule has 0 aliphatic rings. The molecule has 158 valence electrons. The number of carbonyl (C=O) groups is 1. The van der Waals surface area contributed by atoms with Crippen LogP contribution in [0.2, 0.25) is 0 Å². The zero-order valence-electron chi connectivity index (χ0n) is 17.5. The molecule has 0 atom stereocenters. The van der Waals surface area contributed by atoms with Crippen molar-refractivity contribution in [2.45, 2.75) is 33.4 Å². The molecule has 2 aromatic rings. The number of amides is 1. The number of anilines is 1. The third-order valence-electron chi connectivity index (χ3n) is 4.13. The van der Waals surface area contributed by atoms with Gasteiger partial charge in [0.15, 0.2) is 5.96 Å². The van der Waals surface area contributed by atoms with Crippen molar-refractivity contribution < 1.29 is 9.53 Å². The van der Waals surface area contributed by atoms with Crippen LogP contribution >= 0.6 is 24.0 Å². The summed E-state index contributed by atoms with van der Waals surface area (Å²) in [6, 6.07) is 15.7. The summed E-state index contributed by atoms with van der Waals surface area (Å²) in [5, 5.41) is 9.53. The Balaban J connectivity index is 0.00000420. The fourth-order valence-electron chi connectivity index (χ4n) is 2.78. The van der Waals surface area contributed by atoms with Crippen LogP contribution in [0.15, 0.2) is 53.5 Å². The highest BCUT2D eigenvalue weighted by molar-refractivity contribution is 14.0. The monoisotopic (exact) mass is 510 g/mol. The summed E-state index contributed by atoms with van der Waals surface area (Å²) >= 11 is 0. The van der Waals surface area contributed by atoms with E-state index in [0.717, 1.165) is 22.6 Å². The van der Waals surface area contributed by atoms with Gasteiger partial charge in [-0.05, 0) is 29.7 Å². The summed E-state index contributed by atoms with van der Waals surface area (Å²) in [5.41, 5.74) is 2.92. The van der Waals surface area contributed by atoms with Crippen molar-refractivity contribution in [1.29, 1.82) is 0 Å². The minimum atomic E-state index is 0. The maximum absolute atomic E-state index is 12.0.